The summed E-state index contributed by atoms with van der Waals surface area (Å²) in [6, 6.07) is 14.5. The lowest BCUT2D eigenvalue weighted by Gasteiger charge is -2.39. The van der Waals surface area contributed by atoms with Crippen LogP contribution in [-0.2, 0) is 19.1 Å². The average molecular weight is 569 g/mol. The molecule has 206 valence electrons. The number of rotatable bonds is 9. The van der Waals surface area contributed by atoms with E-state index in [-0.39, 0.29) is 31.6 Å². The zero-order valence-corrected chi connectivity index (χ0v) is 23.7. The second-order valence-corrected chi connectivity index (χ2v) is 12.9. The molecule has 1 spiro atoms. The molecule has 9 heteroatoms. The molecule has 3 heterocycles. The van der Waals surface area contributed by atoms with Gasteiger partial charge >= 0.3 is 5.97 Å². The number of benzene rings is 2. The number of nitrogens with zero attached hydrogens (tertiary/aromatic N) is 2. The number of anilines is 1. The van der Waals surface area contributed by atoms with Crippen LogP contribution >= 0.6 is 23.4 Å². The molecule has 6 atom stereocenters. The quantitative estimate of drug-likeness (QED) is 0.350. The van der Waals surface area contributed by atoms with E-state index in [0.29, 0.717) is 23.6 Å². The van der Waals surface area contributed by atoms with Gasteiger partial charge in [-0.25, -0.2) is 0 Å². The number of hydrogen-bond acceptors (Lipinski definition) is 6. The van der Waals surface area contributed by atoms with Gasteiger partial charge in [0, 0.05) is 22.0 Å². The third-order valence-corrected chi connectivity index (χ3v) is 10.6. The minimum absolute atomic E-state index is 0.211. The van der Waals surface area contributed by atoms with Crippen molar-refractivity contribution >= 4 is 46.8 Å². The predicted molar refractivity (Wildman–Crippen MR) is 152 cm³/mol. The molecule has 2 bridgehead atoms. The SMILES string of the molecule is C=CCN(C(=O)C1N([C@H](CO)c2ccccc2)C(=O)[C@@H]2[C@H](C(=O)OCC)[C@]3(C)CCC12S3)c1ccc(Cl)cc1. The van der Waals surface area contributed by atoms with Gasteiger partial charge in [0.15, 0.2) is 0 Å². The molecule has 3 aliphatic rings. The number of amides is 2. The first-order chi connectivity index (χ1) is 18.7. The maximum atomic E-state index is 14.7. The van der Waals surface area contributed by atoms with Gasteiger partial charge in [-0.1, -0.05) is 48.0 Å². The molecular weight excluding hydrogens is 536 g/mol. The molecule has 3 aliphatic heterocycles. The largest absolute Gasteiger partial charge is 0.466 e. The molecule has 3 saturated heterocycles. The number of fused-ring (bicyclic) bond motifs is 1. The Hall–Kier alpha value is -2.81. The molecule has 0 aliphatic carbocycles. The molecule has 1 N–H and O–H groups in total. The fraction of sp³-hybridized carbons (Fsp3) is 0.433. The molecule has 0 saturated carbocycles. The highest BCUT2D eigenvalue weighted by Gasteiger charge is 2.78. The summed E-state index contributed by atoms with van der Waals surface area (Å²) < 4.78 is 4.11. The normalized spacial score (nSPS) is 29.7. The minimum Gasteiger partial charge on any atom is -0.466 e. The van der Waals surface area contributed by atoms with Crippen LogP contribution in [0.1, 0.15) is 38.3 Å². The van der Waals surface area contributed by atoms with E-state index < -0.39 is 39.4 Å². The highest BCUT2D eigenvalue weighted by molar-refractivity contribution is 8.02. The first-order valence-electron chi connectivity index (χ1n) is 13.2. The lowest BCUT2D eigenvalue weighted by Crippen LogP contribution is -2.56. The zero-order valence-electron chi connectivity index (χ0n) is 22.1. The number of ether oxygens (including phenoxy) is 1. The molecule has 7 nitrogen and oxygen atoms in total. The fourth-order valence-corrected chi connectivity index (χ4v) is 9.27. The van der Waals surface area contributed by atoms with E-state index in [2.05, 4.69) is 6.58 Å². The molecular formula is C30H33ClN2O5S. The monoisotopic (exact) mass is 568 g/mol. The summed E-state index contributed by atoms with van der Waals surface area (Å²) in [6.45, 7) is 7.68. The Bertz CT molecular complexity index is 1270. The maximum absolute atomic E-state index is 14.7. The van der Waals surface area contributed by atoms with Gasteiger partial charge in [-0.05, 0) is 56.5 Å². The highest BCUT2D eigenvalue weighted by Crippen LogP contribution is 2.72. The van der Waals surface area contributed by atoms with Crippen LogP contribution in [0.5, 0.6) is 0 Å². The molecule has 2 amide bonds. The van der Waals surface area contributed by atoms with E-state index in [4.69, 9.17) is 16.3 Å². The van der Waals surface area contributed by atoms with Gasteiger partial charge in [-0.15, -0.1) is 18.3 Å². The lowest BCUT2D eigenvalue weighted by molar-refractivity contribution is -0.155. The molecule has 39 heavy (non-hydrogen) atoms. The lowest BCUT2D eigenvalue weighted by atomic mass is 9.66. The van der Waals surface area contributed by atoms with Crippen LogP contribution in [0.2, 0.25) is 5.02 Å². The number of hydrogen-bond donors (Lipinski definition) is 1. The molecule has 0 radical (unpaired) electrons. The van der Waals surface area contributed by atoms with Crippen LogP contribution in [0.25, 0.3) is 0 Å². The number of esters is 1. The topological polar surface area (TPSA) is 87.2 Å². The van der Waals surface area contributed by atoms with Crippen molar-refractivity contribution in [3.63, 3.8) is 0 Å². The summed E-state index contributed by atoms with van der Waals surface area (Å²) in [7, 11) is 0. The first kappa shape index (κ1) is 27.7. The van der Waals surface area contributed by atoms with Crippen LogP contribution in [0.4, 0.5) is 5.69 Å². The van der Waals surface area contributed by atoms with E-state index in [1.54, 1.807) is 58.8 Å². The fourth-order valence-electron chi connectivity index (χ4n) is 6.82. The summed E-state index contributed by atoms with van der Waals surface area (Å²) in [4.78, 5) is 45.7. The highest BCUT2D eigenvalue weighted by atomic mass is 35.5. The van der Waals surface area contributed by atoms with E-state index in [0.717, 1.165) is 5.56 Å². The molecule has 0 aromatic heterocycles. The Morgan fingerprint density at radius 3 is 2.54 bits per heavy atom. The van der Waals surface area contributed by atoms with Gasteiger partial charge in [-0.2, -0.15) is 0 Å². The van der Waals surface area contributed by atoms with Crippen LogP contribution < -0.4 is 4.90 Å². The van der Waals surface area contributed by atoms with E-state index >= 15 is 0 Å². The third-order valence-electron chi connectivity index (χ3n) is 8.40. The van der Waals surface area contributed by atoms with Gasteiger partial charge in [0.25, 0.3) is 5.91 Å². The minimum atomic E-state index is -0.908. The number of carbonyl (C=O) groups excluding carboxylic acids is 3. The van der Waals surface area contributed by atoms with Crippen molar-refractivity contribution in [2.24, 2.45) is 11.8 Å². The van der Waals surface area contributed by atoms with Crippen molar-refractivity contribution < 1.29 is 24.2 Å². The van der Waals surface area contributed by atoms with Crippen LogP contribution in [-0.4, -0.2) is 63.1 Å². The number of halogens is 1. The molecule has 3 fully saturated rings. The van der Waals surface area contributed by atoms with E-state index in [1.165, 1.54) is 0 Å². The Labute approximate surface area is 238 Å². The van der Waals surface area contributed by atoms with Gasteiger partial charge in [0.2, 0.25) is 5.91 Å². The van der Waals surface area contributed by atoms with Crippen molar-refractivity contribution in [2.45, 2.75) is 48.3 Å². The average Bonchev–Trinajstić information content (AvgIpc) is 3.50. The van der Waals surface area contributed by atoms with Crippen molar-refractivity contribution in [3.05, 3.63) is 77.8 Å². The summed E-state index contributed by atoms with van der Waals surface area (Å²) in [5, 5.41) is 11.2. The van der Waals surface area contributed by atoms with Crippen LogP contribution in [0.3, 0.4) is 0 Å². The number of carbonyl (C=O) groups is 3. The summed E-state index contributed by atoms with van der Waals surface area (Å²) in [5.74, 6) is -2.38. The van der Waals surface area contributed by atoms with Gasteiger partial charge < -0.3 is 19.6 Å². The first-order valence-corrected chi connectivity index (χ1v) is 14.4. The van der Waals surface area contributed by atoms with Gasteiger partial charge in [-0.3, -0.25) is 14.4 Å². The summed E-state index contributed by atoms with van der Waals surface area (Å²) in [5.41, 5.74) is 1.35. The van der Waals surface area contributed by atoms with Crippen LogP contribution in [0.15, 0.2) is 67.3 Å². The molecule has 2 aromatic rings. The van der Waals surface area contributed by atoms with E-state index in [1.807, 2.05) is 37.3 Å². The predicted octanol–water partition coefficient (Wildman–Crippen LogP) is 4.64. The Kier molecular flexibility index (Phi) is 7.57. The molecule has 2 aromatic carbocycles. The second kappa shape index (κ2) is 10.6. The van der Waals surface area contributed by atoms with Gasteiger partial charge in [0.1, 0.15) is 6.04 Å². The van der Waals surface area contributed by atoms with E-state index in [9.17, 15) is 19.5 Å². The number of aliphatic hydroxyl groups is 1. The number of aliphatic hydroxyl groups excluding tert-OH is 1. The summed E-state index contributed by atoms with van der Waals surface area (Å²) in [6.07, 6.45) is 2.93. The smallest absolute Gasteiger partial charge is 0.311 e. The number of likely N-dealkylation sites (tertiary alicyclic amines) is 1. The molecule has 2 unspecified atom stereocenters. The Morgan fingerprint density at radius 1 is 1.23 bits per heavy atom. The Morgan fingerprint density at radius 2 is 1.92 bits per heavy atom. The van der Waals surface area contributed by atoms with Crippen molar-refractivity contribution in [3.8, 4) is 0 Å². The van der Waals surface area contributed by atoms with Crippen molar-refractivity contribution in [1.82, 2.24) is 4.90 Å². The Balaban J connectivity index is 1.66. The third kappa shape index (κ3) is 4.37. The zero-order chi connectivity index (χ0) is 27.9. The van der Waals surface area contributed by atoms with Crippen molar-refractivity contribution in [1.29, 1.82) is 0 Å². The standard InChI is InChI=1S/C30H33ClN2O5S/c1-4-17-32(21-13-11-20(31)12-14-21)27(36)25-30-16-15-29(3,39-30)24(28(37)38-5-2)23(30)26(35)33(25)22(18-34)19-9-7-6-8-10-19/h4,6-14,22-25,34H,1,5,15-18H2,2-3H3/t22-,23+,24-,25?,29+,30?/m1/s1. The van der Waals surface area contributed by atoms with Crippen LogP contribution in [0, 0.1) is 11.8 Å². The second-order valence-electron chi connectivity index (χ2n) is 10.5. The molecule has 5 rings (SSSR count). The van der Waals surface area contributed by atoms with Gasteiger partial charge in [0.05, 0.1) is 35.8 Å². The summed E-state index contributed by atoms with van der Waals surface area (Å²) >= 11 is 7.70. The maximum Gasteiger partial charge on any atom is 0.311 e. The number of thioether (sulfide) groups is 1. The van der Waals surface area contributed by atoms with Crippen molar-refractivity contribution in [2.75, 3.05) is 24.7 Å².